The average Bonchev–Trinajstić information content (AvgIpc) is 2.27. The van der Waals surface area contributed by atoms with Crippen LogP contribution in [0.15, 0.2) is 0 Å². The molecule has 0 saturated carbocycles. The number of carbonyl (C=O) groups excluding carboxylic acids is 1. The highest BCUT2D eigenvalue weighted by Gasteiger charge is 2.33. The van der Waals surface area contributed by atoms with Gasteiger partial charge in [-0.2, -0.15) is 0 Å². The monoisotopic (exact) mass is 257 g/mol. The molecule has 1 N–H and O–H groups in total. The van der Waals surface area contributed by atoms with Gasteiger partial charge in [-0.1, -0.05) is 6.92 Å². The normalized spacial score (nSPS) is 22.7. The van der Waals surface area contributed by atoms with E-state index in [1.54, 1.807) is 0 Å². The fourth-order valence-electron chi connectivity index (χ4n) is 2.49. The van der Waals surface area contributed by atoms with Gasteiger partial charge in [-0.25, -0.2) is 4.79 Å². The third-order valence-electron chi connectivity index (χ3n) is 3.42. The van der Waals surface area contributed by atoms with Crippen LogP contribution in [0.2, 0.25) is 0 Å². The van der Waals surface area contributed by atoms with Gasteiger partial charge in [-0.05, 0) is 52.4 Å². The predicted molar refractivity (Wildman–Crippen MR) is 71.4 cm³/mol. The molecular formula is C14H27NO3. The molecule has 0 aromatic rings. The molecule has 1 amide bonds. The smallest absolute Gasteiger partial charge is 0.410 e. The number of likely N-dealkylation sites (tertiary alicyclic amines) is 1. The highest BCUT2D eigenvalue weighted by atomic mass is 16.6. The van der Waals surface area contributed by atoms with Crippen LogP contribution in [-0.4, -0.2) is 40.9 Å². The molecule has 0 bridgehead atoms. The minimum atomic E-state index is -0.445. The largest absolute Gasteiger partial charge is 0.444 e. The molecule has 2 unspecified atom stereocenters. The number of rotatable bonds is 3. The second-order valence-corrected chi connectivity index (χ2v) is 6.23. The second-order valence-electron chi connectivity index (χ2n) is 6.23. The molecule has 1 rings (SSSR count). The highest BCUT2D eigenvalue weighted by molar-refractivity contribution is 5.68. The van der Waals surface area contributed by atoms with Gasteiger partial charge in [0.15, 0.2) is 0 Å². The van der Waals surface area contributed by atoms with Gasteiger partial charge >= 0.3 is 6.09 Å². The van der Waals surface area contributed by atoms with Crippen molar-refractivity contribution in [1.29, 1.82) is 0 Å². The molecule has 1 aliphatic rings. The summed E-state index contributed by atoms with van der Waals surface area (Å²) >= 11 is 0. The lowest BCUT2D eigenvalue weighted by Gasteiger charge is -2.39. The molecule has 106 valence electrons. The highest BCUT2D eigenvalue weighted by Crippen LogP contribution is 2.26. The molecular weight excluding hydrogens is 230 g/mol. The average molecular weight is 257 g/mol. The fourth-order valence-corrected chi connectivity index (χ4v) is 2.49. The Balaban J connectivity index is 2.67. The summed E-state index contributed by atoms with van der Waals surface area (Å²) in [6, 6.07) is 0.209. The van der Waals surface area contributed by atoms with Crippen LogP contribution in [0.25, 0.3) is 0 Å². The molecule has 0 aliphatic carbocycles. The van der Waals surface area contributed by atoms with E-state index < -0.39 is 5.60 Å². The van der Waals surface area contributed by atoms with Gasteiger partial charge in [0, 0.05) is 19.2 Å². The summed E-state index contributed by atoms with van der Waals surface area (Å²) in [5.41, 5.74) is -0.445. The summed E-state index contributed by atoms with van der Waals surface area (Å²) in [6.07, 6.45) is 3.74. The summed E-state index contributed by atoms with van der Waals surface area (Å²) in [5, 5.41) is 9.04. The zero-order chi connectivity index (χ0) is 13.8. The van der Waals surface area contributed by atoms with Crippen LogP contribution in [0.1, 0.15) is 53.4 Å². The number of aliphatic hydroxyl groups is 1. The van der Waals surface area contributed by atoms with Crippen molar-refractivity contribution in [2.24, 2.45) is 5.92 Å². The van der Waals surface area contributed by atoms with Gasteiger partial charge in [0.05, 0.1) is 0 Å². The molecule has 18 heavy (non-hydrogen) atoms. The minimum Gasteiger partial charge on any atom is -0.444 e. The van der Waals surface area contributed by atoms with E-state index in [0.29, 0.717) is 5.92 Å². The number of nitrogens with zero attached hydrogens (tertiary/aromatic N) is 1. The van der Waals surface area contributed by atoms with E-state index in [1.165, 1.54) is 0 Å². The third-order valence-corrected chi connectivity index (χ3v) is 3.42. The zero-order valence-electron chi connectivity index (χ0n) is 12.1. The van der Waals surface area contributed by atoms with Gasteiger partial charge in [0.2, 0.25) is 0 Å². The zero-order valence-corrected chi connectivity index (χ0v) is 12.1. The summed E-state index contributed by atoms with van der Waals surface area (Å²) in [5.74, 6) is 0.322. The lowest BCUT2D eigenvalue weighted by molar-refractivity contribution is 0.000931. The van der Waals surface area contributed by atoms with Crippen LogP contribution in [0.3, 0.4) is 0 Å². The standard InChI is InChI=1S/C14H27NO3/c1-11(8-10-16)12-7-5-6-9-15(12)13(17)18-14(2,3)4/h11-12,16H,5-10H2,1-4H3. The molecule has 0 radical (unpaired) electrons. The van der Waals surface area contributed by atoms with E-state index >= 15 is 0 Å². The first-order valence-electron chi connectivity index (χ1n) is 6.95. The Bertz CT molecular complexity index is 273. The summed E-state index contributed by atoms with van der Waals surface area (Å²) < 4.78 is 5.46. The molecule has 1 fully saturated rings. The number of aliphatic hydroxyl groups excluding tert-OH is 1. The maximum atomic E-state index is 12.2. The topological polar surface area (TPSA) is 49.8 Å². The van der Waals surface area contributed by atoms with E-state index in [4.69, 9.17) is 9.84 Å². The van der Waals surface area contributed by atoms with E-state index in [2.05, 4.69) is 6.92 Å². The van der Waals surface area contributed by atoms with Crippen LogP contribution in [-0.2, 0) is 4.74 Å². The van der Waals surface area contributed by atoms with Crippen molar-refractivity contribution in [2.45, 2.75) is 65.0 Å². The van der Waals surface area contributed by atoms with Gasteiger partial charge < -0.3 is 14.7 Å². The van der Waals surface area contributed by atoms with Crippen LogP contribution in [0.4, 0.5) is 4.79 Å². The van der Waals surface area contributed by atoms with Gasteiger partial charge in [-0.3, -0.25) is 0 Å². The summed E-state index contributed by atoms with van der Waals surface area (Å²) in [4.78, 5) is 14.0. The van der Waals surface area contributed by atoms with Gasteiger partial charge in [0.1, 0.15) is 5.60 Å². The molecule has 0 aromatic heterocycles. The van der Waals surface area contributed by atoms with E-state index in [1.807, 2.05) is 25.7 Å². The first-order chi connectivity index (χ1) is 8.35. The molecule has 1 heterocycles. The lowest BCUT2D eigenvalue weighted by atomic mass is 9.90. The number of hydrogen-bond acceptors (Lipinski definition) is 3. The van der Waals surface area contributed by atoms with Crippen molar-refractivity contribution in [3.63, 3.8) is 0 Å². The fraction of sp³-hybridized carbons (Fsp3) is 0.929. The maximum Gasteiger partial charge on any atom is 0.410 e. The van der Waals surface area contributed by atoms with Gasteiger partial charge in [-0.15, -0.1) is 0 Å². The Labute approximate surface area is 110 Å². The number of amides is 1. The summed E-state index contributed by atoms with van der Waals surface area (Å²) in [6.45, 7) is 8.72. The number of carbonyl (C=O) groups is 1. The SMILES string of the molecule is CC(CCO)C1CCCCN1C(=O)OC(C)(C)C. The van der Waals surface area contributed by atoms with Crippen molar-refractivity contribution in [2.75, 3.05) is 13.2 Å². The lowest BCUT2D eigenvalue weighted by Crippen LogP contribution is -2.49. The maximum absolute atomic E-state index is 12.2. The van der Waals surface area contributed by atoms with E-state index in [9.17, 15) is 4.79 Å². The number of ether oxygens (including phenoxy) is 1. The Morgan fingerprint density at radius 2 is 2.11 bits per heavy atom. The van der Waals surface area contributed by atoms with Crippen molar-refractivity contribution < 1.29 is 14.6 Å². The number of piperidine rings is 1. The Morgan fingerprint density at radius 1 is 1.44 bits per heavy atom. The molecule has 4 nitrogen and oxygen atoms in total. The predicted octanol–water partition coefficient (Wildman–Crippen LogP) is 2.79. The molecule has 4 heteroatoms. The minimum absolute atomic E-state index is 0.180. The Kier molecular flexibility index (Phi) is 5.45. The third kappa shape index (κ3) is 4.48. The van der Waals surface area contributed by atoms with Crippen molar-refractivity contribution in [3.8, 4) is 0 Å². The molecule has 1 saturated heterocycles. The molecule has 0 aromatic carbocycles. The van der Waals surface area contributed by atoms with Gasteiger partial charge in [0.25, 0.3) is 0 Å². The summed E-state index contributed by atoms with van der Waals surface area (Å²) in [7, 11) is 0. The molecule has 0 spiro atoms. The van der Waals surface area contributed by atoms with Crippen molar-refractivity contribution >= 4 is 6.09 Å². The van der Waals surface area contributed by atoms with E-state index in [-0.39, 0.29) is 18.7 Å². The van der Waals surface area contributed by atoms with Crippen molar-refractivity contribution in [1.82, 2.24) is 4.90 Å². The number of hydrogen-bond donors (Lipinski definition) is 1. The Hall–Kier alpha value is -0.770. The molecule has 1 aliphatic heterocycles. The van der Waals surface area contributed by atoms with Crippen LogP contribution in [0.5, 0.6) is 0 Å². The Morgan fingerprint density at radius 3 is 2.67 bits per heavy atom. The van der Waals surface area contributed by atoms with Crippen LogP contribution >= 0.6 is 0 Å². The first-order valence-corrected chi connectivity index (χ1v) is 6.95. The quantitative estimate of drug-likeness (QED) is 0.845. The molecule has 2 atom stereocenters. The van der Waals surface area contributed by atoms with Crippen molar-refractivity contribution in [3.05, 3.63) is 0 Å². The van der Waals surface area contributed by atoms with E-state index in [0.717, 1.165) is 32.2 Å². The van der Waals surface area contributed by atoms with Crippen LogP contribution in [0, 0.1) is 5.92 Å². The van der Waals surface area contributed by atoms with Crippen LogP contribution < -0.4 is 0 Å². The second kappa shape index (κ2) is 6.41. The first kappa shape index (κ1) is 15.3.